The molecule has 1 fully saturated rings. The van der Waals surface area contributed by atoms with Gasteiger partial charge in [-0.1, -0.05) is 0 Å². The van der Waals surface area contributed by atoms with Crippen molar-refractivity contribution in [3.8, 4) is 11.4 Å². The lowest BCUT2D eigenvalue weighted by Gasteiger charge is -2.04. The van der Waals surface area contributed by atoms with Crippen LogP contribution in [0.1, 0.15) is 35.1 Å². The predicted octanol–water partition coefficient (Wildman–Crippen LogP) is 0.970. The van der Waals surface area contributed by atoms with E-state index in [0.717, 1.165) is 24.1 Å². The Morgan fingerprint density at radius 3 is 2.78 bits per heavy atom. The molecule has 1 N–H and O–H groups in total. The zero-order valence-corrected chi connectivity index (χ0v) is 14.9. The number of aromatic nitrogens is 6. The second-order valence-corrected chi connectivity index (χ2v) is 6.47. The molecule has 3 heterocycles. The monoisotopic (exact) mass is 365 g/mol. The van der Waals surface area contributed by atoms with Crippen molar-refractivity contribution < 1.29 is 4.79 Å². The molecule has 27 heavy (non-hydrogen) atoms. The summed E-state index contributed by atoms with van der Waals surface area (Å²) in [5, 5.41) is 7.21. The summed E-state index contributed by atoms with van der Waals surface area (Å²) in [6, 6.07) is 3.90. The van der Waals surface area contributed by atoms with Crippen molar-refractivity contribution in [2.24, 2.45) is 0 Å². The quantitative estimate of drug-likeness (QED) is 0.697. The first-order valence-electron chi connectivity index (χ1n) is 8.80. The zero-order chi connectivity index (χ0) is 18.8. The summed E-state index contributed by atoms with van der Waals surface area (Å²) < 4.78 is 3.12. The number of carbonyl (C=O) groups is 1. The fraction of sp³-hybridized carbons (Fsp3) is 0.333. The van der Waals surface area contributed by atoms with Gasteiger partial charge in [0.15, 0.2) is 5.82 Å². The Labute approximate surface area is 155 Å². The third-order valence-electron chi connectivity index (χ3n) is 4.33. The summed E-state index contributed by atoms with van der Waals surface area (Å²) in [5.41, 5.74) is 1.62. The Morgan fingerprint density at radius 1 is 1.26 bits per heavy atom. The third-order valence-corrected chi connectivity index (χ3v) is 4.33. The summed E-state index contributed by atoms with van der Waals surface area (Å²) in [6.07, 6.45) is 8.30. The molecule has 1 aliphatic carbocycles. The molecule has 138 valence electrons. The van der Waals surface area contributed by atoms with Crippen LogP contribution in [0, 0.1) is 6.92 Å². The second kappa shape index (κ2) is 7.10. The molecule has 0 aromatic carbocycles. The zero-order valence-electron chi connectivity index (χ0n) is 14.9. The number of hydrogen-bond donors (Lipinski definition) is 1. The van der Waals surface area contributed by atoms with E-state index in [1.165, 1.54) is 17.1 Å². The van der Waals surface area contributed by atoms with Crippen LogP contribution >= 0.6 is 0 Å². The highest BCUT2D eigenvalue weighted by molar-refractivity contribution is 5.91. The minimum absolute atomic E-state index is 0.166. The van der Waals surface area contributed by atoms with Gasteiger partial charge in [0, 0.05) is 36.7 Å². The van der Waals surface area contributed by atoms with Gasteiger partial charge in [0.2, 0.25) is 0 Å². The first kappa shape index (κ1) is 17.1. The summed E-state index contributed by atoms with van der Waals surface area (Å²) in [5.74, 6) is 0.288. The highest BCUT2D eigenvalue weighted by Gasteiger charge is 2.30. The van der Waals surface area contributed by atoms with Crippen molar-refractivity contribution >= 4 is 5.91 Å². The molecule has 0 aliphatic heterocycles. The van der Waals surface area contributed by atoms with Crippen LogP contribution in [-0.4, -0.2) is 41.8 Å². The SMILES string of the molecule is Cc1cnc(C(=O)NCCn2nc(-c3cccnc3)n(C3CC3)c2=O)cn1. The second-order valence-electron chi connectivity index (χ2n) is 6.47. The van der Waals surface area contributed by atoms with Crippen LogP contribution in [0.4, 0.5) is 0 Å². The molecule has 9 nitrogen and oxygen atoms in total. The van der Waals surface area contributed by atoms with Gasteiger partial charge in [0.25, 0.3) is 5.91 Å². The maximum atomic E-state index is 12.7. The van der Waals surface area contributed by atoms with Gasteiger partial charge in [-0.3, -0.25) is 19.3 Å². The normalized spacial score (nSPS) is 13.5. The minimum atomic E-state index is -0.329. The molecule has 1 saturated carbocycles. The van der Waals surface area contributed by atoms with E-state index in [9.17, 15) is 9.59 Å². The summed E-state index contributed by atoms with van der Waals surface area (Å²) in [7, 11) is 0. The lowest BCUT2D eigenvalue weighted by molar-refractivity contribution is 0.0946. The first-order valence-corrected chi connectivity index (χ1v) is 8.80. The van der Waals surface area contributed by atoms with E-state index in [0.29, 0.717) is 5.82 Å². The molecule has 1 aliphatic rings. The van der Waals surface area contributed by atoms with Gasteiger partial charge in [0.1, 0.15) is 5.69 Å². The van der Waals surface area contributed by atoms with Crippen LogP contribution in [0.25, 0.3) is 11.4 Å². The molecular weight excluding hydrogens is 346 g/mol. The molecule has 3 aromatic heterocycles. The highest BCUT2D eigenvalue weighted by atomic mass is 16.2. The van der Waals surface area contributed by atoms with Gasteiger partial charge in [-0.25, -0.2) is 14.5 Å². The number of rotatable bonds is 6. The summed E-state index contributed by atoms with van der Waals surface area (Å²) >= 11 is 0. The topological polar surface area (TPSA) is 108 Å². The molecule has 9 heteroatoms. The van der Waals surface area contributed by atoms with E-state index in [1.807, 2.05) is 12.1 Å². The van der Waals surface area contributed by atoms with Crippen LogP contribution in [0.2, 0.25) is 0 Å². The van der Waals surface area contributed by atoms with Crippen molar-refractivity contribution in [3.05, 3.63) is 58.8 Å². The average molecular weight is 365 g/mol. The largest absolute Gasteiger partial charge is 0.349 e. The van der Waals surface area contributed by atoms with Crippen molar-refractivity contribution in [3.63, 3.8) is 0 Å². The number of aryl methyl sites for hydroxylation is 1. The van der Waals surface area contributed by atoms with Gasteiger partial charge >= 0.3 is 5.69 Å². The molecule has 4 rings (SSSR count). The summed E-state index contributed by atoms with van der Waals surface area (Å²) in [6.45, 7) is 2.34. The number of nitrogens with zero attached hydrogens (tertiary/aromatic N) is 6. The van der Waals surface area contributed by atoms with Crippen LogP contribution in [-0.2, 0) is 6.54 Å². The number of carbonyl (C=O) groups excluding carboxylic acids is 1. The molecule has 1 amide bonds. The van der Waals surface area contributed by atoms with Crippen molar-refractivity contribution in [1.82, 2.24) is 34.6 Å². The number of nitrogens with one attached hydrogen (secondary N) is 1. The van der Waals surface area contributed by atoms with Gasteiger partial charge < -0.3 is 5.32 Å². The van der Waals surface area contributed by atoms with Crippen LogP contribution in [0.5, 0.6) is 0 Å². The molecule has 0 atom stereocenters. The third kappa shape index (κ3) is 3.62. The Kier molecular flexibility index (Phi) is 4.49. The molecule has 0 saturated heterocycles. The van der Waals surface area contributed by atoms with Gasteiger partial charge in [-0.2, -0.15) is 0 Å². The van der Waals surface area contributed by atoms with Gasteiger partial charge in [-0.05, 0) is 31.9 Å². The Balaban J connectivity index is 1.49. The lowest BCUT2D eigenvalue weighted by Crippen LogP contribution is -2.32. The predicted molar refractivity (Wildman–Crippen MR) is 97.1 cm³/mol. The molecular formula is C18H19N7O2. The van der Waals surface area contributed by atoms with Crippen molar-refractivity contribution in [1.29, 1.82) is 0 Å². The molecule has 0 spiro atoms. The minimum Gasteiger partial charge on any atom is -0.349 e. The Hall–Kier alpha value is -3.36. The Morgan fingerprint density at radius 2 is 2.11 bits per heavy atom. The lowest BCUT2D eigenvalue weighted by atomic mass is 10.3. The van der Waals surface area contributed by atoms with Crippen molar-refractivity contribution in [2.45, 2.75) is 32.4 Å². The maximum Gasteiger partial charge on any atom is 0.346 e. The summed E-state index contributed by atoms with van der Waals surface area (Å²) in [4.78, 5) is 37.1. The van der Waals surface area contributed by atoms with E-state index in [2.05, 4.69) is 25.4 Å². The maximum absolute atomic E-state index is 12.7. The van der Waals surface area contributed by atoms with Crippen LogP contribution in [0.15, 0.2) is 41.7 Å². The fourth-order valence-electron chi connectivity index (χ4n) is 2.80. The van der Waals surface area contributed by atoms with Crippen molar-refractivity contribution in [2.75, 3.05) is 6.54 Å². The standard InChI is InChI=1S/C18H19N7O2/c1-12-9-22-15(11-21-12)17(26)20-7-8-24-18(27)25(14-4-5-14)16(23-24)13-3-2-6-19-10-13/h2-3,6,9-11,14H,4-5,7-8H2,1H3,(H,20,26). The highest BCUT2D eigenvalue weighted by Crippen LogP contribution is 2.36. The number of pyridine rings is 1. The first-order chi connectivity index (χ1) is 13.1. The molecule has 0 radical (unpaired) electrons. The van der Waals surface area contributed by atoms with E-state index in [1.54, 1.807) is 23.9 Å². The number of amides is 1. The molecule has 0 bridgehead atoms. The van der Waals surface area contributed by atoms with E-state index < -0.39 is 0 Å². The average Bonchev–Trinajstić information content (AvgIpc) is 3.47. The van der Waals surface area contributed by atoms with E-state index in [-0.39, 0.29) is 36.4 Å². The van der Waals surface area contributed by atoms with Crippen LogP contribution < -0.4 is 11.0 Å². The smallest absolute Gasteiger partial charge is 0.346 e. The molecule has 0 unspecified atom stereocenters. The van der Waals surface area contributed by atoms with Crippen LogP contribution in [0.3, 0.4) is 0 Å². The molecule has 3 aromatic rings. The van der Waals surface area contributed by atoms with Gasteiger partial charge in [-0.15, -0.1) is 5.10 Å². The fourth-order valence-corrected chi connectivity index (χ4v) is 2.80. The Bertz CT molecular complexity index is 1000. The van der Waals surface area contributed by atoms with Gasteiger partial charge in [0.05, 0.1) is 18.4 Å². The van der Waals surface area contributed by atoms with E-state index in [4.69, 9.17) is 0 Å². The number of hydrogen-bond acceptors (Lipinski definition) is 6. The van der Waals surface area contributed by atoms with E-state index >= 15 is 0 Å².